The second-order valence-corrected chi connectivity index (χ2v) is 4.68. The second kappa shape index (κ2) is 6.47. The minimum atomic E-state index is 0.564. The molecule has 0 fully saturated rings. The van der Waals surface area contributed by atoms with Crippen LogP contribution in [0, 0.1) is 17.2 Å². The van der Waals surface area contributed by atoms with Gasteiger partial charge in [0.05, 0.1) is 0 Å². The van der Waals surface area contributed by atoms with Crippen LogP contribution in [0.15, 0.2) is 18.3 Å². The zero-order valence-corrected chi connectivity index (χ0v) is 10.0. The molecule has 1 aromatic heterocycles. The number of thioether (sulfide) groups is 1. The smallest absolute Gasteiger partial charge is 0.144 e. The van der Waals surface area contributed by atoms with Crippen molar-refractivity contribution in [3.8, 4) is 6.07 Å². The summed E-state index contributed by atoms with van der Waals surface area (Å²) in [5, 5.41) is 8.85. The van der Waals surface area contributed by atoms with Gasteiger partial charge in [0, 0.05) is 11.9 Å². The summed E-state index contributed by atoms with van der Waals surface area (Å²) in [4.78, 5) is 4.04. The third kappa shape index (κ3) is 3.93. The molecule has 15 heavy (non-hydrogen) atoms. The highest BCUT2D eigenvalue weighted by atomic mass is 32.2. The van der Waals surface area contributed by atoms with E-state index in [4.69, 9.17) is 5.26 Å². The van der Waals surface area contributed by atoms with Crippen LogP contribution in [0.3, 0.4) is 0 Å². The van der Waals surface area contributed by atoms with Crippen molar-refractivity contribution in [2.75, 3.05) is 5.75 Å². The molecule has 1 aromatic rings. The van der Waals surface area contributed by atoms with Crippen LogP contribution < -0.4 is 0 Å². The van der Waals surface area contributed by atoms with Gasteiger partial charge in [-0.15, -0.1) is 0 Å². The fraction of sp³-hybridized carbons (Fsp3) is 0.500. The normalized spacial score (nSPS) is 12.1. The molecule has 2 nitrogen and oxygen atoms in total. The first-order chi connectivity index (χ1) is 7.27. The van der Waals surface area contributed by atoms with Gasteiger partial charge in [0.25, 0.3) is 0 Å². The van der Waals surface area contributed by atoms with Crippen LogP contribution in [0.5, 0.6) is 0 Å². The number of aromatic nitrogens is 1. The van der Waals surface area contributed by atoms with Gasteiger partial charge in [0.1, 0.15) is 11.8 Å². The quantitative estimate of drug-likeness (QED) is 0.764. The van der Waals surface area contributed by atoms with Crippen LogP contribution in [-0.2, 0) is 5.75 Å². The Morgan fingerprint density at radius 2 is 2.40 bits per heavy atom. The van der Waals surface area contributed by atoms with Crippen molar-refractivity contribution in [2.24, 2.45) is 5.92 Å². The highest BCUT2D eigenvalue weighted by Crippen LogP contribution is 2.18. The van der Waals surface area contributed by atoms with E-state index in [2.05, 4.69) is 24.9 Å². The summed E-state index contributed by atoms with van der Waals surface area (Å²) in [6.45, 7) is 4.46. The summed E-state index contributed by atoms with van der Waals surface area (Å²) in [6.07, 6.45) is 2.88. The Morgan fingerprint density at radius 1 is 1.60 bits per heavy atom. The summed E-state index contributed by atoms with van der Waals surface area (Å²) in [5.41, 5.74) is 1.61. The molecular formula is C12H16N2S. The molecular weight excluding hydrogens is 204 g/mol. The SMILES string of the molecule is CCC(C)CSCc1cccnc1C#N. The molecule has 1 unspecified atom stereocenters. The van der Waals surface area contributed by atoms with Crippen molar-refractivity contribution in [3.63, 3.8) is 0 Å². The van der Waals surface area contributed by atoms with Gasteiger partial charge in [-0.1, -0.05) is 26.3 Å². The van der Waals surface area contributed by atoms with Crippen LogP contribution in [0.2, 0.25) is 0 Å². The van der Waals surface area contributed by atoms with Gasteiger partial charge < -0.3 is 0 Å². The van der Waals surface area contributed by atoms with Gasteiger partial charge in [-0.25, -0.2) is 4.98 Å². The molecule has 1 heterocycles. The highest BCUT2D eigenvalue weighted by Gasteiger charge is 2.03. The lowest BCUT2D eigenvalue weighted by molar-refractivity contribution is 0.637. The summed E-state index contributed by atoms with van der Waals surface area (Å²) in [5.74, 6) is 2.79. The van der Waals surface area contributed by atoms with E-state index in [1.807, 2.05) is 23.9 Å². The van der Waals surface area contributed by atoms with Crippen LogP contribution in [0.25, 0.3) is 0 Å². The van der Waals surface area contributed by atoms with E-state index >= 15 is 0 Å². The molecule has 0 radical (unpaired) electrons. The maximum absolute atomic E-state index is 8.85. The number of hydrogen-bond donors (Lipinski definition) is 0. The van der Waals surface area contributed by atoms with Gasteiger partial charge in [0.2, 0.25) is 0 Å². The molecule has 0 saturated heterocycles. The van der Waals surface area contributed by atoms with Crippen LogP contribution in [0.4, 0.5) is 0 Å². The molecule has 0 aliphatic carbocycles. The molecule has 0 aliphatic rings. The van der Waals surface area contributed by atoms with E-state index < -0.39 is 0 Å². The van der Waals surface area contributed by atoms with E-state index in [0.717, 1.165) is 23.0 Å². The number of hydrogen-bond acceptors (Lipinski definition) is 3. The van der Waals surface area contributed by atoms with E-state index in [1.165, 1.54) is 6.42 Å². The minimum absolute atomic E-state index is 0.564. The van der Waals surface area contributed by atoms with E-state index in [0.29, 0.717) is 5.69 Å². The molecule has 0 N–H and O–H groups in total. The van der Waals surface area contributed by atoms with Gasteiger partial charge in [0.15, 0.2) is 0 Å². The van der Waals surface area contributed by atoms with Crippen molar-refractivity contribution in [1.82, 2.24) is 4.98 Å². The number of pyridine rings is 1. The maximum atomic E-state index is 8.85. The lowest BCUT2D eigenvalue weighted by Crippen LogP contribution is -1.97. The van der Waals surface area contributed by atoms with Gasteiger partial charge in [-0.05, 0) is 23.3 Å². The van der Waals surface area contributed by atoms with Crippen molar-refractivity contribution >= 4 is 11.8 Å². The first kappa shape index (κ1) is 12.1. The van der Waals surface area contributed by atoms with Gasteiger partial charge >= 0.3 is 0 Å². The largest absolute Gasteiger partial charge is 0.245 e. The van der Waals surface area contributed by atoms with Gasteiger partial charge in [-0.2, -0.15) is 17.0 Å². The fourth-order valence-electron chi connectivity index (χ4n) is 1.14. The maximum Gasteiger partial charge on any atom is 0.144 e. The molecule has 3 heteroatoms. The molecule has 0 saturated carbocycles. The van der Waals surface area contributed by atoms with Crippen LogP contribution in [-0.4, -0.2) is 10.7 Å². The van der Waals surface area contributed by atoms with Crippen molar-refractivity contribution in [1.29, 1.82) is 5.26 Å². The minimum Gasteiger partial charge on any atom is -0.245 e. The summed E-state index contributed by atoms with van der Waals surface area (Å²) in [7, 11) is 0. The third-order valence-corrected chi connectivity index (χ3v) is 3.67. The lowest BCUT2D eigenvalue weighted by Gasteiger charge is -2.07. The van der Waals surface area contributed by atoms with Crippen LogP contribution >= 0.6 is 11.8 Å². The molecule has 0 spiro atoms. The van der Waals surface area contributed by atoms with E-state index in [9.17, 15) is 0 Å². The molecule has 0 amide bonds. The van der Waals surface area contributed by atoms with Crippen molar-refractivity contribution in [3.05, 3.63) is 29.6 Å². The summed E-state index contributed by atoms with van der Waals surface area (Å²) >= 11 is 1.88. The Hall–Kier alpha value is -1.01. The monoisotopic (exact) mass is 220 g/mol. The first-order valence-electron chi connectivity index (χ1n) is 5.19. The molecule has 1 atom stereocenters. The van der Waals surface area contributed by atoms with Crippen molar-refractivity contribution < 1.29 is 0 Å². The number of nitriles is 1. The average molecular weight is 220 g/mol. The molecule has 0 bridgehead atoms. The standard InChI is InChI=1S/C12H16N2S/c1-3-10(2)8-15-9-11-5-4-6-14-12(11)7-13/h4-6,10H,3,8-9H2,1-2H3. The zero-order valence-electron chi connectivity index (χ0n) is 9.23. The molecule has 0 aromatic carbocycles. The topological polar surface area (TPSA) is 36.7 Å². The predicted molar refractivity (Wildman–Crippen MR) is 64.6 cm³/mol. The molecule has 0 aliphatic heterocycles. The van der Waals surface area contributed by atoms with Crippen LogP contribution in [0.1, 0.15) is 31.5 Å². The number of nitrogens with zero attached hydrogens (tertiary/aromatic N) is 2. The molecule has 1 rings (SSSR count). The lowest BCUT2D eigenvalue weighted by atomic mass is 10.2. The Balaban J connectivity index is 2.47. The Kier molecular flexibility index (Phi) is 5.20. The Morgan fingerprint density at radius 3 is 3.07 bits per heavy atom. The average Bonchev–Trinajstić information content (AvgIpc) is 2.29. The second-order valence-electron chi connectivity index (χ2n) is 3.65. The molecule has 80 valence electrons. The fourth-order valence-corrected chi connectivity index (χ4v) is 2.35. The van der Waals surface area contributed by atoms with E-state index in [1.54, 1.807) is 6.20 Å². The predicted octanol–water partition coefficient (Wildman–Crippen LogP) is 3.23. The highest BCUT2D eigenvalue weighted by molar-refractivity contribution is 7.98. The van der Waals surface area contributed by atoms with Gasteiger partial charge in [-0.3, -0.25) is 0 Å². The Bertz CT molecular complexity index is 344. The van der Waals surface area contributed by atoms with E-state index in [-0.39, 0.29) is 0 Å². The number of rotatable bonds is 5. The Labute approximate surface area is 95.7 Å². The van der Waals surface area contributed by atoms with Crippen molar-refractivity contribution in [2.45, 2.75) is 26.0 Å². The first-order valence-corrected chi connectivity index (χ1v) is 6.35. The summed E-state index contributed by atoms with van der Waals surface area (Å²) < 4.78 is 0. The summed E-state index contributed by atoms with van der Waals surface area (Å²) in [6, 6.07) is 5.99. The third-order valence-electron chi connectivity index (χ3n) is 2.35. The zero-order chi connectivity index (χ0) is 11.1.